The van der Waals surface area contributed by atoms with Crippen LogP contribution in [0.4, 0.5) is 0 Å². The summed E-state index contributed by atoms with van der Waals surface area (Å²) in [5.41, 5.74) is 0. The number of piperidine rings is 1. The van der Waals surface area contributed by atoms with Crippen molar-refractivity contribution in [3.05, 3.63) is 21.3 Å². The molecule has 1 N–H and O–H groups in total. The Kier molecular flexibility index (Phi) is 7.15. The Bertz CT molecular complexity index is 403. The highest BCUT2D eigenvalue weighted by Crippen LogP contribution is 2.26. The normalized spacial score (nSPS) is 16.2. The molecule has 0 unspecified atom stereocenters. The van der Waals surface area contributed by atoms with Crippen molar-refractivity contribution in [3.8, 4) is 0 Å². The molecular weight excluding hydrogens is 303 g/mol. The second-order valence-corrected chi connectivity index (χ2v) is 5.96. The number of likely N-dealkylation sites (tertiary alicyclic amines) is 1. The van der Waals surface area contributed by atoms with E-state index < -0.39 is 0 Å². The van der Waals surface area contributed by atoms with E-state index in [1.165, 1.54) is 11.3 Å². The zero-order chi connectivity index (χ0) is 13.0. The van der Waals surface area contributed by atoms with Crippen LogP contribution in [-0.2, 0) is 0 Å². The molecule has 0 saturated carbocycles. The maximum atomic E-state index is 12.2. The Morgan fingerprint density at radius 3 is 2.74 bits per heavy atom. The van der Waals surface area contributed by atoms with Crippen LogP contribution in [0.2, 0.25) is 5.02 Å². The van der Waals surface area contributed by atoms with Crippen LogP contribution in [0, 0.1) is 5.92 Å². The lowest BCUT2D eigenvalue weighted by Crippen LogP contribution is -2.40. The van der Waals surface area contributed by atoms with Crippen molar-refractivity contribution in [2.45, 2.75) is 19.8 Å². The van der Waals surface area contributed by atoms with Gasteiger partial charge in [0.25, 0.3) is 5.91 Å². The first-order valence-electron chi connectivity index (χ1n) is 6.45. The van der Waals surface area contributed by atoms with Gasteiger partial charge in [0.1, 0.15) is 4.88 Å². The summed E-state index contributed by atoms with van der Waals surface area (Å²) in [7, 11) is 0. The van der Waals surface area contributed by atoms with Crippen LogP contribution in [0.5, 0.6) is 0 Å². The predicted octanol–water partition coefficient (Wildman–Crippen LogP) is 3.29. The fourth-order valence-corrected chi connectivity index (χ4v) is 3.38. The van der Waals surface area contributed by atoms with E-state index >= 15 is 0 Å². The fraction of sp³-hybridized carbons (Fsp3) is 0.615. The lowest BCUT2D eigenvalue weighted by Gasteiger charge is -2.31. The van der Waals surface area contributed by atoms with Gasteiger partial charge in [-0.25, -0.2) is 0 Å². The molecule has 3 nitrogen and oxygen atoms in total. The lowest BCUT2D eigenvalue weighted by molar-refractivity contribution is 0.0695. The summed E-state index contributed by atoms with van der Waals surface area (Å²) in [6.07, 6.45) is 2.17. The van der Waals surface area contributed by atoms with Gasteiger partial charge < -0.3 is 10.2 Å². The lowest BCUT2D eigenvalue weighted by atomic mass is 9.96. The van der Waals surface area contributed by atoms with Gasteiger partial charge in [0, 0.05) is 13.1 Å². The predicted molar refractivity (Wildman–Crippen MR) is 83.7 cm³/mol. The SMILES string of the molecule is CCNCC1CCN(C(=O)c2sccc2Cl)CC1.Cl. The molecule has 1 aromatic heterocycles. The topological polar surface area (TPSA) is 32.3 Å². The molecule has 1 amide bonds. The summed E-state index contributed by atoms with van der Waals surface area (Å²) >= 11 is 7.43. The van der Waals surface area contributed by atoms with Crippen molar-refractivity contribution in [2.24, 2.45) is 5.92 Å². The Morgan fingerprint density at radius 2 is 2.21 bits per heavy atom. The molecule has 0 atom stereocenters. The maximum absolute atomic E-state index is 12.2. The van der Waals surface area contributed by atoms with Crippen molar-refractivity contribution in [2.75, 3.05) is 26.2 Å². The van der Waals surface area contributed by atoms with Crippen LogP contribution in [0.15, 0.2) is 11.4 Å². The third-order valence-corrected chi connectivity index (χ3v) is 4.73. The van der Waals surface area contributed by atoms with Gasteiger partial charge in [-0.2, -0.15) is 0 Å². The first-order valence-corrected chi connectivity index (χ1v) is 7.71. The standard InChI is InChI=1S/C13H19ClN2OS.ClH/c1-2-15-9-10-3-6-16(7-4-10)13(17)12-11(14)5-8-18-12;/h5,8,10,15H,2-4,6-7,9H2,1H3;1H. The number of rotatable bonds is 4. The van der Waals surface area contributed by atoms with Gasteiger partial charge in [0.05, 0.1) is 5.02 Å². The van der Waals surface area contributed by atoms with E-state index in [4.69, 9.17) is 11.6 Å². The number of hydrogen-bond acceptors (Lipinski definition) is 3. The Hall–Kier alpha value is -0.290. The third-order valence-electron chi connectivity index (χ3n) is 3.40. The molecule has 2 heterocycles. The first kappa shape index (κ1) is 16.8. The van der Waals surface area contributed by atoms with Crippen LogP contribution in [0.3, 0.4) is 0 Å². The third kappa shape index (κ3) is 4.35. The average Bonchev–Trinajstić information content (AvgIpc) is 2.82. The minimum Gasteiger partial charge on any atom is -0.338 e. The number of hydrogen-bond donors (Lipinski definition) is 1. The van der Waals surface area contributed by atoms with Gasteiger partial charge in [-0.3, -0.25) is 4.79 Å². The molecule has 1 fully saturated rings. The molecule has 0 aliphatic carbocycles. The molecule has 0 bridgehead atoms. The van der Waals surface area contributed by atoms with E-state index in [1.807, 2.05) is 10.3 Å². The first-order chi connectivity index (χ1) is 8.72. The molecule has 2 rings (SSSR count). The van der Waals surface area contributed by atoms with Gasteiger partial charge in [-0.15, -0.1) is 23.7 Å². The zero-order valence-electron chi connectivity index (χ0n) is 11.0. The summed E-state index contributed by atoms with van der Waals surface area (Å²) in [6, 6.07) is 1.79. The van der Waals surface area contributed by atoms with E-state index in [0.29, 0.717) is 15.8 Å². The summed E-state index contributed by atoms with van der Waals surface area (Å²) in [5.74, 6) is 0.796. The van der Waals surface area contributed by atoms with Crippen LogP contribution in [0.25, 0.3) is 0 Å². The van der Waals surface area contributed by atoms with Gasteiger partial charge >= 0.3 is 0 Å². The molecule has 6 heteroatoms. The van der Waals surface area contributed by atoms with Gasteiger partial charge in [0.15, 0.2) is 0 Å². The highest BCUT2D eigenvalue weighted by Gasteiger charge is 2.25. The largest absolute Gasteiger partial charge is 0.338 e. The minimum atomic E-state index is 0. The highest BCUT2D eigenvalue weighted by atomic mass is 35.5. The number of carbonyl (C=O) groups excluding carboxylic acids is 1. The minimum absolute atomic E-state index is 0. The molecular formula is C13H20Cl2N2OS. The molecule has 1 aromatic rings. The van der Waals surface area contributed by atoms with Crippen molar-refractivity contribution in [3.63, 3.8) is 0 Å². The molecule has 0 spiro atoms. The van der Waals surface area contributed by atoms with E-state index in [9.17, 15) is 4.79 Å². The van der Waals surface area contributed by atoms with Crippen molar-refractivity contribution >= 4 is 41.3 Å². The monoisotopic (exact) mass is 322 g/mol. The van der Waals surface area contributed by atoms with Crippen molar-refractivity contribution < 1.29 is 4.79 Å². The molecule has 0 aromatic carbocycles. The van der Waals surface area contributed by atoms with E-state index in [-0.39, 0.29) is 18.3 Å². The Labute approximate surface area is 129 Å². The van der Waals surface area contributed by atoms with Crippen LogP contribution in [-0.4, -0.2) is 37.0 Å². The van der Waals surface area contributed by atoms with Crippen molar-refractivity contribution in [1.82, 2.24) is 10.2 Å². The van der Waals surface area contributed by atoms with Gasteiger partial charge in [-0.1, -0.05) is 18.5 Å². The summed E-state index contributed by atoms with van der Waals surface area (Å²) < 4.78 is 0. The Balaban J connectivity index is 0.00000180. The smallest absolute Gasteiger partial charge is 0.265 e. The van der Waals surface area contributed by atoms with E-state index in [2.05, 4.69) is 12.2 Å². The molecule has 1 aliphatic heterocycles. The van der Waals surface area contributed by atoms with Gasteiger partial charge in [0.2, 0.25) is 0 Å². The average molecular weight is 323 g/mol. The highest BCUT2D eigenvalue weighted by molar-refractivity contribution is 7.12. The number of thiophene rings is 1. The Morgan fingerprint density at radius 1 is 1.53 bits per heavy atom. The van der Waals surface area contributed by atoms with Gasteiger partial charge in [-0.05, 0) is 43.3 Å². The van der Waals surface area contributed by atoms with Crippen LogP contribution in [0.1, 0.15) is 29.4 Å². The second-order valence-electron chi connectivity index (χ2n) is 4.64. The molecule has 108 valence electrons. The second kappa shape index (κ2) is 8.10. The number of nitrogens with one attached hydrogen (secondary N) is 1. The molecule has 19 heavy (non-hydrogen) atoms. The number of halogens is 2. The van der Waals surface area contributed by atoms with E-state index in [0.717, 1.165) is 39.0 Å². The number of carbonyl (C=O) groups is 1. The maximum Gasteiger partial charge on any atom is 0.265 e. The summed E-state index contributed by atoms with van der Waals surface area (Å²) in [5, 5.41) is 5.83. The molecule has 1 aliphatic rings. The zero-order valence-corrected chi connectivity index (χ0v) is 13.4. The quantitative estimate of drug-likeness (QED) is 0.922. The summed E-state index contributed by atoms with van der Waals surface area (Å²) in [6.45, 7) is 5.91. The van der Waals surface area contributed by atoms with E-state index in [1.54, 1.807) is 6.07 Å². The van der Waals surface area contributed by atoms with Crippen LogP contribution >= 0.6 is 35.3 Å². The molecule has 0 radical (unpaired) electrons. The number of amides is 1. The number of nitrogens with zero attached hydrogens (tertiary/aromatic N) is 1. The fourth-order valence-electron chi connectivity index (χ4n) is 2.28. The van der Waals surface area contributed by atoms with Crippen LogP contribution < -0.4 is 5.32 Å². The summed E-state index contributed by atoms with van der Waals surface area (Å²) in [4.78, 5) is 14.9. The molecule has 1 saturated heterocycles. The van der Waals surface area contributed by atoms with Crippen molar-refractivity contribution in [1.29, 1.82) is 0 Å².